The Morgan fingerprint density at radius 1 is 1.37 bits per heavy atom. The molecule has 1 aromatic rings. The van der Waals surface area contributed by atoms with E-state index < -0.39 is 0 Å². The van der Waals surface area contributed by atoms with Gasteiger partial charge in [0.1, 0.15) is 0 Å². The first-order valence-corrected chi connectivity index (χ1v) is 6.72. The second-order valence-electron chi connectivity index (χ2n) is 4.74. The Kier molecular flexibility index (Phi) is 6.97. The van der Waals surface area contributed by atoms with Crippen LogP contribution in [-0.2, 0) is 11.2 Å². The Balaban J connectivity index is 2.21. The number of hydrogen-bond acceptors (Lipinski definition) is 3. The number of benzene rings is 1. The van der Waals surface area contributed by atoms with Crippen LogP contribution in [0.5, 0.6) is 0 Å². The van der Waals surface area contributed by atoms with Crippen molar-refractivity contribution < 1.29 is 9.53 Å². The second kappa shape index (κ2) is 8.53. The zero-order chi connectivity index (χ0) is 14.1. The Morgan fingerprint density at radius 3 is 2.68 bits per heavy atom. The molecule has 0 aromatic heterocycles. The fraction of sp³-hybridized carbons (Fsp3) is 0.533. The number of nitrogens with one attached hydrogen (secondary N) is 1. The van der Waals surface area contributed by atoms with Gasteiger partial charge in [-0.25, -0.2) is 4.79 Å². The highest BCUT2D eigenvalue weighted by molar-refractivity contribution is 5.66. The maximum Gasteiger partial charge on any atom is 0.406 e. The van der Waals surface area contributed by atoms with Crippen LogP contribution in [0.1, 0.15) is 18.9 Å². The van der Waals surface area contributed by atoms with Gasteiger partial charge in [0.25, 0.3) is 0 Å². The van der Waals surface area contributed by atoms with Crippen molar-refractivity contribution in [2.24, 2.45) is 0 Å². The normalized spacial score (nSPS) is 12.2. The lowest BCUT2D eigenvalue weighted by Gasteiger charge is -2.24. The monoisotopic (exact) mass is 264 g/mol. The van der Waals surface area contributed by atoms with E-state index in [9.17, 15) is 4.79 Å². The summed E-state index contributed by atoms with van der Waals surface area (Å²) in [7, 11) is 3.67. The molecule has 0 aliphatic rings. The Labute approximate surface area is 115 Å². The van der Waals surface area contributed by atoms with Gasteiger partial charge in [0.2, 0.25) is 0 Å². The lowest BCUT2D eigenvalue weighted by molar-refractivity contribution is 0.132. The lowest BCUT2D eigenvalue weighted by Crippen LogP contribution is -2.32. The minimum atomic E-state index is -0.362. The highest BCUT2D eigenvalue weighted by atomic mass is 16.5. The van der Waals surface area contributed by atoms with Crippen molar-refractivity contribution in [1.29, 1.82) is 0 Å². The third-order valence-electron chi connectivity index (χ3n) is 3.32. The van der Waals surface area contributed by atoms with Crippen molar-refractivity contribution in [3.8, 4) is 0 Å². The van der Waals surface area contributed by atoms with Crippen LogP contribution in [0.2, 0.25) is 0 Å². The van der Waals surface area contributed by atoms with E-state index >= 15 is 0 Å². The SMILES string of the molecule is CNC(=O)OCCC(C)N(C)CCc1ccccc1. The van der Waals surface area contributed by atoms with Gasteiger partial charge in [0.15, 0.2) is 0 Å². The number of alkyl carbamates (subject to hydrolysis) is 1. The van der Waals surface area contributed by atoms with Crippen LogP contribution < -0.4 is 5.32 Å². The quantitative estimate of drug-likeness (QED) is 0.821. The van der Waals surface area contributed by atoms with Crippen molar-refractivity contribution in [3.63, 3.8) is 0 Å². The molecule has 1 rings (SSSR count). The topological polar surface area (TPSA) is 41.6 Å². The molecule has 0 fully saturated rings. The number of nitrogens with zero attached hydrogens (tertiary/aromatic N) is 1. The van der Waals surface area contributed by atoms with E-state index in [1.54, 1.807) is 7.05 Å². The second-order valence-corrected chi connectivity index (χ2v) is 4.74. The van der Waals surface area contributed by atoms with Gasteiger partial charge in [-0.05, 0) is 32.4 Å². The predicted molar refractivity (Wildman–Crippen MR) is 77.3 cm³/mol. The molecule has 19 heavy (non-hydrogen) atoms. The molecule has 4 nitrogen and oxygen atoms in total. The fourth-order valence-electron chi connectivity index (χ4n) is 1.79. The number of rotatable bonds is 7. The van der Waals surface area contributed by atoms with Crippen LogP contribution in [0, 0.1) is 0 Å². The van der Waals surface area contributed by atoms with Crippen LogP contribution >= 0.6 is 0 Å². The van der Waals surface area contributed by atoms with Gasteiger partial charge in [-0.15, -0.1) is 0 Å². The summed E-state index contributed by atoms with van der Waals surface area (Å²) in [4.78, 5) is 13.2. The van der Waals surface area contributed by atoms with Crippen LogP contribution in [0.25, 0.3) is 0 Å². The molecule has 0 aliphatic heterocycles. The van der Waals surface area contributed by atoms with Crippen molar-refractivity contribution in [2.45, 2.75) is 25.8 Å². The largest absolute Gasteiger partial charge is 0.450 e. The number of ether oxygens (including phenoxy) is 1. The maximum atomic E-state index is 10.9. The summed E-state index contributed by atoms with van der Waals surface area (Å²) < 4.78 is 5.00. The summed E-state index contributed by atoms with van der Waals surface area (Å²) in [6.45, 7) is 3.61. The molecule has 1 N–H and O–H groups in total. The van der Waals surface area contributed by atoms with Gasteiger partial charge in [0.05, 0.1) is 6.61 Å². The summed E-state index contributed by atoms with van der Waals surface area (Å²) in [5, 5.41) is 2.44. The van der Waals surface area contributed by atoms with E-state index in [1.165, 1.54) is 5.56 Å². The van der Waals surface area contributed by atoms with Gasteiger partial charge in [-0.2, -0.15) is 0 Å². The highest BCUT2D eigenvalue weighted by Gasteiger charge is 2.10. The van der Waals surface area contributed by atoms with Crippen molar-refractivity contribution in [1.82, 2.24) is 10.2 Å². The van der Waals surface area contributed by atoms with Gasteiger partial charge >= 0.3 is 6.09 Å². The summed E-state index contributed by atoms with van der Waals surface area (Å²) in [5.74, 6) is 0. The van der Waals surface area contributed by atoms with Gasteiger partial charge < -0.3 is 15.0 Å². The van der Waals surface area contributed by atoms with Crippen LogP contribution in [0.4, 0.5) is 4.79 Å². The van der Waals surface area contributed by atoms with E-state index in [0.29, 0.717) is 12.6 Å². The first-order chi connectivity index (χ1) is 9.13. The maximum absolute atomic E-state index is 10.9. The standard InChI is InChI=1S/C15H24N2O2/c1-13(10-12-19-15(18)16-2)17(3)11-9-14-7-5-4-6-8-14/h4-8,13H,9-12H2,1-3H3,(H,16,18). The molecule has 0 radical (unpaired) electrons. The van der Waals surface area contributed by atoms with E-state index in [0.717, 1.165) is 19.4 Å². The Bertz CT molecular complexity index is 368. The third-order valence-corrected chi connectivity index (χ3v) is 3.32. The predicted octanol–water partition coefficient (Wildman–Crippen LogP) is 2.30. The number of carbonyl (C=O) groups excluding carboxylic acids is 1. The number of hydrogen-bond donors (Lipinski definition) is 1. The summed E-state index contributed by atoms with van der Waals surface area (Å²) in [6, 6.07) is 10.9. The van der Waals surface area contributed by atoms with Crippen molar-refractivity contribution >= 4 is 6.09 Å². The zero-order valence-electron chi connectivity index (χ0n) is 12.1. The Morgan fingerprint density at radius 2 is 2.05 bits per heavy atom. The molecule has 0 saturated carbocycles. The summed E-state index contributed by atoms with van der Waals surface area (Å²) in [6.07, 6.45) is 1.52. The van der Waals surface area contributed by atoms with Gasteiger partial charge in [-0.1, -0.05) is 30.3 Å². The molecule has 4 heteroatoms. The highest BCUT2D eigenvalue weighted by Crippen LogP contribution is 2.05. The molecule has 1 aromatic carbocycles. The van der Waals surface area contributed by atoms with E-state index in [1.807, 2.05) is 6.07 Å². The smallest absolute Gasteiger partial charge is 0.406 e. The lowest BCUT2D eigenvalue weighted by atomic mass is 10.1. The minimum Gasteiger partial charge on any atom is -0.450 e. The Hall–Kier alpha value is -1.55. The molecule has 0 bridgehead atoms. The summed E-state index contributed by atoms with van der Waals surface area (Å²) in [5.41, 5.74) is 1.35. The van der Waals surface area contributed by atoms with Crippen LogP contribution in [0.3, 0.4) is 0 Å². The van der Waals surface area contributed by atoms with Gasteiger partial charge in [0, 0.05) is 19.6 Å². The van der Waals surface area contributed by atoms with E-state index in [-0.39, 0.29) is 6.09 Å². The molecule has 0 spiro atoms. The average Bonchev–Trinajstić information content (AvgIpc) is 2.45. The molecule has 0 heterocycles. The zero-order valence-corrected chi connectivity index (χ0v) is 12.1. The molecule has 0 saturated heterocycles. The molecular formula is C15H24N2O2. The fourth-order valence-corrected chi connectivity index (χ4v) is 1.79. The number of carbonyl (C=O) groups is 1. The van der Waals surface area contributed by atoms with Gasteiger partial charge in [-0.3, -0.25) is 0 Å². The van der Waals surface area contributed by atoms with Crippen LogP contribution in [-0.4, -0.2) is 44.3 Å². The molecule has 1 unspecified atom stereocenters. The first-order valence-electron chi connectivity index (χ1n) is 6.72. The molecule has 1 amide bonds. The number of likely N-dealkylation sites (N-methyl/N-ethyl adjacent to an activating group) is 1. The molecule has 0 aliphatic carbocycles. The molecule has 106 valence electrons. The van der Waals surface area contributed by atoms with Crippen molar-refractivity contribution in [2.75, 3.05) is 27.2 Å². The molecule has 1 atom stereocenters. The van der Waals surface area contributed by atoms with E-state index in [4.69, 9.17) is 4.74 Å². The van der Waals surface area contributed by atoms with Crippen molar-refractivity contribution in [3.05, 3.63) is 35.9 Å². The third kappa shape index (κ3) is 6.25. The average molecular weight is 264 g/mol. The summed E-state index contributed by atoms with van der Waals surface area (Å²) >= 11 is 0. The van der Waals surface area contributed by atoms with E-state index in [2.05, 4.69) is 48.5 Å². The minimum absolute atomic E-state index is 0.362. The molecular weight excluding hydrogens is 240 g/mol. The number of amides is 1. The van der Waals surface area contributed by atoms with Crippen LogP contribution in [0.15, 0.2) is 30.3 Å². The first kappa shape index (κ1) is 15.5.